The molecule has 0 aliphatic rings. The summed E-state index contributed by atoms with van der Waals surface area (Å²) in [6, 6.07) is 0. The molecule has 0 aromatic heterocycles. The van der Waals surface area contributed by atoms with Gasteiger partial charge >= 0.3 is 0 Å². The Labute approximate surface area is 253 Å². The molecule has 40 heavy (non-hydrogen) atoms. The van der Waals surface area contributed by atoms with Gasteiger partial charge in [0.1, 0.15) is 0 Å². The normalized spacial score (nSPS) is 11.9. The number of rotatable bonds is 35. The van der Waals surface area contributed by atoms with Crippen LogP contribution < -0.4 is 0 Å². The number of allylic oxidation sites excluding steroid dienone is 4. The van der Waals surface area contributed by atoms with E-state index in [4.69, 9.17) is 9.47 Å². The molecule has 0 aliphatic heterocycles. The van der Waals surface area contributed by atoms with E-state index in [1.54, 1.807) is 0 Å². The fourth-order valence-electron chi connectivity index (χ4n) is 5.16. The van der Waals surface area contributed by atoms with E-state index < -0.39 is 0 Å². The van der Waals surface area contributed by atoms with Gasteiger partial charge in [0, 0.05) is 26.4 Å². The van der Waals surface area contributed by atoms with E-state index in [2.05, 4.69) is 38.2 Å². The molecule has 0 saturated heterocycles. The van der Waals surface area contributed by atoms with E-state index in [1.165, 1.54) is 167 Å². The summed E-state index contributed by atoms with van der Waals surface area (Å²) in [5, 5.41) is 0. The molecule has 2 heteroatoms. The molecule has 0 radical (unpaired) electrons. The largest absolute Gasteiger partial charge is 0.381 e. The lowest BCUT2D eigenvalue weighted by Crippen LogP contribution is -2.01. The lowest BCUT2D eigenvalue weighted by molar-refractivity contribution is 0.0991. The van der Waals surface area contributed by atoms with E-state index in [9.17, 15) is 0 Å². The molecule has 0 saturated carbocycles. The summed E-state index contributed by atoms with van der Waals surface area (Å²) in [7, 11) is 0. The van der Waals surface area contributed by atoms with Gasteiger partial charge in [0.2, 0.25) is 0 Å². The van der Waals surface area contributed by atoms with Gasteiger partial charge in [0.15, 0.2) is 0 Å². The van der Waals surface area contributed by atoms with Gasteiger partial charge in [0.25, 0.3) is 0 Å². The van der Waals surface area contributed by atoms with E-state index in [0.717, 1.165) is 39.3 Å². The Morgan fingerprint density at radius 2 is 0.500 bits per heavy atom. The van der Waals surface area contributed by atoms with Gasteiger partial charge in [-0.15, -0.1) is 0 Å². The molecule has 0 amide bonds. The molecule has 0 heterocycles. The van der Waals surface area contributed by atoms with Gasteiger partial charge in [-0.05, 0) is 77.0 Å². The van der Waals surface area contributed by atoms with Gasteiger partial charge in [-0.2, -0.15) is 0 Å². The molecule has 0 spiro atoms. The minimum absolute atomic E-state index is 0.905. The second kappa shape index (κ2) is 38.4. The van der Waals surface area contributed by atoms with Crippen molar-refractivity contribution in [2.45, 2.75) is 194 Å². The molecule has 0 fully saturated rings. The highest BCUT2D eigenvalue weighted by atomic mass is 16.5. The Morgan fingerprint density at radius 3 is 0.800 bits per heavy atom. The minimum atomic E-state index is 0.905. The van der Waals surface area contributed by atoms with Gasteiger partial charge in [-0.25, -0.2) is 0 Å². The molecular formula is C38H74O2. The van der Waals surface area contributed by atoms with Crippen molar-refractivity contribution >= 4 is 0 Å². The Balaban J connectivity index is 3.08. The van der Waals surface area contributed by atoms with E-state index >= 15 is 0 Å². The highest BCUT2D eigenvalue weighted by Gasteiger charge is 1.95. The first-order valence-electron chi connectivity index (χ1n) is 18.4. The van der Waals surface area contributed by atoms with Crippen molar-refractivity contribution < 1.29 is 9.47 Å². The average molecular weight is 563 g/mol. The number of unbranched alkanes of at least 4 members (excludes halogenated alkanes) is 23. The van der Waals surface area contributed by atoms with E-state index in [0.29, 0.717) is 0 Å². The third-order valence-corrected chi connectivity index (χ3v) is 7.93. The van der Waals surface area contributed by atoms with Crippen molar-refractivity contribution in [3.05, 3.63) is 24.3 Å². The summed E-state index contributed by atoms with van der Waals surface area (Å²) < 4.78 is 11.6. The first kappa shape index (κ1) is 39.4. The van der Waals surface area contributed by atoms with Crippen LogP contribution in [-0.2, 0) is 9.47 Å². The third kappa shape index (κ3) is 37.4. The van der Waals surface area contributed by atoms with Crippen LogP contribution in [0.1, 0.15) is 194 Å². The zero-order valence-corrected chi connectivity index (χ0v) is 27.8. The highest BCUT2D eigenvalue weighted by Crippen LogP contribution is 2.11. The highest BCUT2D eigenvalue weighted by molar-refractivity contribution is 4.82. The average Bonchev–Trinajstić information content (AvgIpc) is 2.97. The second-order valence-electron chi connectivity index (χ2n) is 12.1. The molecule has 0 aromatic rings. The van der Waals surface area contributed by atoms with Gasteiger partial charge < -0.3 is 9.47 Å². The molecule has 0 unspecified atom stereocenters. The predicted molar refractivity (Wildman–Crippen MR) is 181 cm³/mol. The van der Waals surface area contributed by atoms with Crippen LogP contribution in [0.5, 0.6) is 0 Å². The SMILES string of the molecule is CCCCCCC/C=C\CCCCCCCCOCCCCOCCCCCCCC/C=C\CCCCCCC. The lowest BCUT2D eigenvalue weighted by Gasteiger charge is -2.06. The Bertz CT molecular complexity index is 440. The van der Waals surface area contributed by atoms with Crippen LogP contribution in [0.4, 0.5) is 0 Å². The molecule has 0 aliphatic carbocycles. The monoisotopic (exact) mass is 563 g/mol. The van der Waals surface area contributed by atoms with Crippen LogP contribution >= 0.6 is 0 Å². The Kier molecular flexibility index (Phi) is 37.8. The summed E-state index contributed by atoms with van der Waals surface area (Å²) in [5.74, 6) is 0. The van der Waals surface area contributed by atoms with Crippen molar-refractivity contribution in [1.29, 1.82) is 0 Å². The molecule has 0 aromatic carbocycles. The van der Waals surface area contributed by atoms with E-state index in [-0.39, 0.29) is 0 Å². The summed E-state index contributed by atoms with van der Waals surface area (Å²) in [4.78, 5) is 0. The molecular weight excluding hydrogens is 488 g/mol. The van der Waals surface area contributed by atoms with Gasteiger partial charge in [-0.1, -0.05) is 141 Å². The maximum absolute atomic E-state index is 5.82. The van der Waals surface area contributed by atoms with Crippen molar-refractivity contribution in [1.82, 2.24) is 0 Å². The minimum Gasteiger partial charge on any atom is -0.381 e. The van der Waals surface area contributed by atoms with Crippen molar-refractivity contribution in [3.63, 3.8) is 0 Å². The lowest BCUT2D eigenvalue weighted by atomic mass is 10.1. The topological polar surface area (TPSA) is 18.5 Å². The van der Waals surface area contributed by atoms with Gasteiger partial charge in [-0.3, -0.25) is 0 Å². The standard InChI is InChI=1S/C38H74O2/c1-3-5-7-9-11-13-15-17-19-21-23-25-27-29-31-35-39-37-33-34-38-40-36-32-30-28-26-24-22-20-18-16-14-12-10-8-6-4-2/h15-18H,3-14,19-38H2,1-2H3/b17-15-,18-16-. The second-order valence-corrected chi connectivity index (χ2v) is 12.1. The van der Waals surface area contributed by atoms with Crippen LogP contribution in [0.25, 0.3) is 0 Å². The summed E-state index contributed by atoms with van der Waals surface area (Å²) >= 11 is 0. The fourth-order valence-corrected chi connectivity index (χ4v) is 5.16. The summed E-state index contributed by atoms with van der Waals surface area (Å²) in [6.45, 7) is 8.26. The molecule has 0 rings (SSSR count). The molecule has 0 bridgehead atoms. The summed E-state index contributed by atoms with van der Waals surface area (Å²) in [6.07, 6.45) is 47.1. The van der Waals surface area contributed by atoms with E-state index in [1.807, 2.05) is 0 Å². The summed E-state index contributed by atoms with van der Waals surface area (Å²) in [5.41, 5.74) is 0. The van der Waals surface area contributed by atoms with Crippen molar-refractivity contribution in [2.75, 3.05) is 26.4 Å². The predicted octanol–water partition coefficient (Wildman–Crippen LogP) is 13.1. The van der Waals surface area contributed by atoms with Crippen LogP contribution in [0.3, 0.4) is 0 Å². The smallest absolute Gasteiger partial charge is 0.0466 e. The number of hydrogen-bond acceptors (Lipinski definition) is 2. The maximum Gasteiger partial charge on any atom is 0.0466 e. The first-order valence-corrected chi connectivity index (χ1v) is 18.4. The van der Waals surface area contributed by atoms with Gasteiger partial charge in [0.05, 0.1) is 0 Å². The van der Waals surface area contributed by atoms with Crippen molar-refractivity contribution in [3.8, 4) is 0 Å². The fraction of sp³-hybridized carbons (Fsp3) is 0.895. The number of ether oxygens (including phenoxy) is 2. The quantitative estimate of drug-likeness (QED) is 0.0565. The Morgan fingerprint density at radius 1 is 0.275 bits per heavy atom. The first-order chi connectivity index (χ1) is 19.9. The van der Waals surface area contributed by atoms with Crippen LogP contribution in [0.15, 0.2) is 24.3 Å². The van der Waals surface area contributed by atoms with Crippen LogP contribution in [0.2, 0.25) is 0 Å². The third-order valence-electron chi connectivity index (χ3n) is 7.93. The maximum atomic E-state index is 5.82. The zero-order chi connectivity index (χ0) is 28.9. The van der Waals surface area contributed by atoms with Crippen molar-refractivity contribution in [2.24, 2.45) is 0 Å². The number of hydrogen-bond donors (Lipinski definition) is 0. The van der Waals surface area contributed by atoms with Crippen LogP contribution in [-0.4, -0.2) is 26.4 Å². The Hall–Kier alpha value is -0.600. The van der Waals surface area contributed by atoms with Crippen LogP contribution in [0, 0.1) is 0 Å². The molecule has 2 nitrogen and oxygen atoms in total. The molecule has 0 N–H and O–H groups in total. The molecule has 0 atom stereocenters. The molecule has 238 valence electrons. The zero-order valence-electron chi connectivity index (χ0n) is 27.8.